The summed E-state index contributed by atoms with van der Waals surface area (Å²) >= 11 is 0. The minimum Gasteiger partial charge on any atom is -0.357 e. The fourth-order valence-corrected chi connectivity index (χ4v) is 4.00. The molecule has 0 saturated carbocycles. The lowest BCUT2D eigenvalue weighted by atomic mass is 10.2. The van der Waals surface area contributed by atoms with Crippen molar-refractivity contribution in [1.82, 2.24) is 14.9 Å². The molecule has 0 atom stereocenters. The van der Waals surface area contributed by atoms with Crippen molar-refractivity contribution >= 4 is 40.0 Å². The van der Waals surface area contributed by atoms with Gasteiger partial charge in [-0.15, -0.1) is 24.0 Å². The standard InChI is InChI=1S/C19H30N4O2S.HI/c1-5-20-19(22-17-8-6-7-9-17)21-14-16-10-12-18(13-11-16)26(24,25)23(4)15(2)3;/h6-7,10-13,15,17H,5,8-9,14H2,1-4H3,(H2,20,21,22);1H. The summed E-state index contributed by atoms with van der Waals surface area (Å²) in [7, 11) is -1.84. The van der Waals surface area contributed by atoms with E-state index < -0.39 is 10.0 Å². The number of guanidine groups is 1. The molecule has 0 spiro atoms. The Kier molecular flexibility index (Phi) is 9.75. The Morgan fingerprint density at radius 2 is 1.81 bits per heavy atom. The largest absolute Gasteiger partial charge is 0.357 e. The molecule has 1 aromatic rings. The van der Waals surface area contributed by atoms with Crippen molar-refractivity contribution in [3.63, 3.8) is 0 Å². The van der Waals surface area contributed by atoms with Crippen LogP contribution >= 0.6 is 24.0 Å². The second-order valence-corrected chi connectivity index (χ2v) is 8.74. The third-order valence-corrected chi connectivity index (χ3v) is 6.49. The molecule has 0 unspecified atom stereocenters. The number of nitrogens with zero attached hydrogens (tertiary/aromatic N) is 2. The molecule has 0 heterocycles. The van der Waals surface area contributed by atoms with Crippen LogP contribution in [0, 0.1) is 0 Å². The SMILES string of the molecule is CCNC(=NCc1ccc(S(=O)(=O)N(C)C(C)C)cc1)NC1CC=CC1.I. The highest BCUT2D eigenvalue weighted by molar-refractivity contribution is 14.0. The summed E-state index contributed by atoms with van der Waals surface area (Å²) in [6.07, 6.45) is 6.38. The summed E-state index contributed by atoms with van der Waals surface area (Å²) in [5, 5.41) is 6.68. The third-order valence-electron chi connectivity index (χ3n) is 4.44. The molecule has 152 valence electrons. The predicted octanol–water partition coefficient (Wildman–Crippen LogP) is 3.11. The van der Waals surface area contributed by atoms with Crippen molar-refractivity contribution in [1.29, 1.82) is 0 Å². The molecule has 2 rings (SSSR count). The molecular formula is C19H31IN4O2S. The van der Waals surface area contributed by atoms with Gasteiger partial charge in [0.15, 0.2) is 5.96 Å². The van der Waals surface area contributed by atoms with E-state index in [-0.39, 0.29) is 30.0 Å². The van der Waals surface area contributed by atoms with E-state index in [0.717, 1.165) is 30.9 Å². The second-order valence-electron chi connectivity index (χ2n) is 6.74. The molecule has 6 nitrogen and oxygen atoms in total. The van der Waals surface area contributed by atoms with E-state index >= 15 is 0 Å². The van der Waals surface area contributed by atoms with Crippen molar-refractivity contribution in [2.45, 2.75) is 57.1 Å². The molecule has 0 bridgehead atoms. The van der Waals surface area contributed by atoms with Gasteiger partial charge in [0.1, 0.15) is 0 Å². The van der Waals surface area contributed by atoms with Gasteiger partial charge in [-0.05, 0) is 51.3 Å². The van der Waals surface area contributed by atoms with E-state index in [1.807, 2.05) is 32.9 Å². The van der Waals surface area contributed by atoms with Gasteiger partial charge in [-0.2, -0.15) is 4.31 Å². The topological polar surface area (TPSA) is 73.8 Å². The predicted molar refractivity (Wildman–Crippen MR) is 122 cm³/mol. The van der Waals surface area contributed by atoms with Crippen LogP contribution in [0.2, 0.25) is 0 Å². The van der Waals surface area contributed by atoms with Gasteiger partial charge >= 0.3 is 0 Å². The minimum atomic E-state index is -3.44. The Balaban J connectivity index is 0.00000364. The maximum Gasteiger partial charge on any atom is 0.243 e. The van der Waals surface area contributed by atoms with E-state index in [1.54, 1.807) is 19.2 Å². The molecule has 0 aliphatic heterocycles. The van der Waals surface area contributed by atoms with Crippen LogP contribution in [0.4, 0.5) is 0 Å². The van der Waals surface area contributed by atoms with Crippen LogP contribution in [0.5, 0.6) is 0 Å². The molecule has 0 amide bonds. The molecule has 0 fully saturated rings. The first-order valence-electron chi connectivity index (χ1n) is 9.11. The maximum atomic E-state index is 12.5. The number of sulfonamides is 1. The number of rotatable bonds is 7. The van der Waals surface area contributed by atoms with Gasteiger partial charge in [0, 0.05) is 25.7 Å². The quantitative estimate of drug-likeness (QED) is 0.258. The number of halogens is 1. The number of hydrogen-bond acceptors (Lipinski definition) is 3. The highest BCUT2D eigenvalue weighted by atomic mass is 127. The summed E-state index contributed by atoms with van der Waals surface area (Å²) in [4.78, 5) is 4.92. The molecule has 0 radical (unpaired) electrons. The summed E-state index contributed by atoms with van der Waals surface area (Å²) in [5.74, 6) is 0.789. The normalized spacial score (nSPS) is 15.3. The van der Waals surface area contributed by atoms with Crippen molar-refractivity contribution in [3.8, 4) is 0 Å². The molecule has 2 N–H and O–H groups in total. The lowest BCUT2D eigenvalue weighted by Gasteiger charge is -2.21. The zero-order chi connectivity index (χ0) is 19.2. The van der Waals surface area contributed by atoms with Crippen LogP contribution in [0.25, 0.3) is 0 Å². The van der Waals surface area contributed by atoms with Crippen LogP contribution in [0.3, 0.4) is 0 Å². The summed E-state index contributed by atoms with van der Waals surface area (Å²) in [5.41, 5.74) is 0.970. The molecule has 8 heteroatoms. The van der Waals surface area contributed by atoms with Gasteiger partial charge in [-0.1, -0.05) is 24.3 Å². The molecular weight excluding hydrogens is 475 g/mol. The average Bonchev–Trinajstić information content (AvgIpc) is 3.12. The Bertz CT molecular complexity index is 737. The fraction of sp³-hybridized carbons (Fsp3) is 0.526. The van der Waals surface area contributed by atoms with E-state index in [4.69, 9.17) is 0 Å². The fourth-order valence-electron chi connectivity index (χ4n) is 2.63. The lowest BCUT2D eigenvalue weighted by Crippen LogP contribution is -2.42. The molecule has 1 aliphatic rings. The Morgan fingerprint density at radius 1 is 1.22 bits per heavy atom. The highest BCUT2D eigenvalue weighted by Crippen LogP contribution is 2.17. The van der Waals surface area contributed by atoms with Crippen LogP contribution in [0.1, 0.15) is 39.2 Å². The molecule has 27 heavy (non-hydrogen) atoms. The number of benzene rings is 1. The molecule has 0 aromatic heterocycles. The molecule has 1 aliphatic carbocycles. The highest BCUT2D eigenvalue weighted by Gasteiger charge is 2.22. The van der Waals surface area contributed by atoms with Gasteiger partial charge in [0.05, 0.1) is 11.4 Å². The van der Waals surface area contributed by atoms with E-state index in [9.17, 15) is 8.42 Å². The second kappa shape index (κ2) is 11.0. The number of hydrogen-bond donors (Lipinski definition) is 2. The van der Waals surface area contributed by atoms with Crippen molar-refractivity contribution in [3.05, 3.63) is 42.0 Å². The van der Waals surface area contributed by atoms with E-state index in [1.165, 1.54) is 4.31 Å². The minimum absolute atomic E-state index is 0. The first-order valence-corrected chi connectivity index (χ1v) is 10.6. The molecule has 0 saturated heterocycles. The number of nitrogens with one attached hydrogen (secondary N) is 2. The van der Waals surface area contributed by atoms with Gasteiger partial charge in [0.25, 0.3) is 0 Å². The van der Waals surface area contributed by atoms with E-state index in [2.05, 4.69) is 27.8 Å². The van der Waals surface area contributed by atoms with Gasteiger partial charge in [-0.3, -0.25) is 0 Å². The van der Waals surface area contributed by atoms with Crippen molar-refractivity contribution in [2.75, 3.05) is 13.6 Å². The first kappa shape index (κ1) is 23.9. The maximum absolute atomic E-state index is 12.5. The molecule has 1 aromatic carbocycles. The smallest absolute Gasteiger partial charge is 0.243 e. The summed E-state index contributed by atoms with van der Waals surface area (Å²) in [6, 6.07) is 7.27. The van der Waals surface area contributed by atoms with Gasteiger partial charge in [0.2, 0.25) is 10.0 Å². The third kappa shape index (κ3) is 6.76. The van der Waals surface area contributed by atoms with Crippen LogP contribution in [-0.2, 0) is 16.6 Å². The summed E-state index contributed by atoms with van der Waals surface area (Å²) in [6.45, 7) is 7.04. The Morgan fingerprint density at radius 3 is 2.33 bits per heavy atom. The van der Waals surface area contributed by atoms with Crippen LogP contribution in [-0.4, -0.2) is 44.4 Å². The summed E-state index contributed by atoms with van der Waals surface area (Å²) < 4.78 is 26.4. The zero-order valence-electron chi connectivity index (χ0n) is 16.5. The van der Waals surface area contributed by atoms with Gasteiger partial charge in [-0.25, -0.2) is 13.4 Å². The van der Waals surface area contributed by atoms with Gasteiger partial charge < -0.3 is 10.6 Å². The monoisotopic (exact) mass is 506 g/mol. The van der Waals surface area contributed by atoms with Crippen LogP contribution < -0.4 is 10.6 Å². The van der Waals surface area contributed by atoms with E-state index in [0.29, 0.717) is 17.5 Å². The lowest BCUT2D eigenvalue weighted by molar-refractivity contribution is 0.410. The Labute approximate surface area is 180 Å². The Hall–Kier alpha value is -1.13. The average molecular weight is 506 g/mol. The first-order chi connectivity index (χ1) is 12.3. The number of aliphatic imine (C=N–C) groups is 1. The van der Waals surface area contributed by atoms with Crippen molar-refractivity contribution < 1.29 is 8.42 Å². The zero-order valence-corrected chi connectivity index (χ0v) is 19.6. The van der Waals surface area contributed by atoms with Crippen molar-refractivity contribution in [2.24, 2.45) is 4.99 Å². The van der Waals surface area contributed by atoms with Crippen LogP contribution in [0.15, 0.2) is 46.3 Å².